The first-order valence-corrected chi connectivity index (χ1v) is 15.6. The summed E-state index contributed by atoms with van der Waals surface area (Å²) in [4.78, 5) is 6.14. The van der Waals surface area contributed by atoms with Crippen molar-refractivity contribution >= 4 is 32.9 Å². The number of hydrogen-bond donors (Lipinski definition) is 1. The molecule has 3 rings (SSSR count). The molecule has 0 amide bonds. The van der Waals surface area contributed by atoms with Crippen LogP contribution in [0.5, 0.6) is 5.75 Å². The summed E-state index contributed by atoms with van der Waals surface area (Å²) in [6.07, 6.45) is 4.44. The Bertz CT molecular complexity index is 1060. The maximum atomic E-state index is 11.5. The minimum Gasteiger partial charge on any atom is -0.507 e. The summed E-state index contributed by atoms with van der Waals surface area (Å²) in [6.45, 7) is 14.6. The number of benzene rings is 2. The third kappa shape index (κ3) is 7.46. The first-order valence-electron chi connectivity index (χ1n) is 13.0. The summed E-state index contributed by atoms with van der Waals surface area (Å²) in [5.41, 5.74) is 5.53. The van der Waals surface area contributed by atoms with E-state index in [1.54, 1.807) is 20.7 Å². The van der Waals surface area contributed by atoms with Crippen molar-refractivity contribution < 1.29 is 5.11 Å². The summed E-state index contributed by atoms with van der Waals surface area (Å²) >= 11 is 5.79. The molecule has 0 saturated carbocycles. The molecule has 0 spiro atoms. The summed E-state index contributed by atoms with van der Waals surface area (Å²) in [6, 6.07) is 14.9. The highest BCUT2D eigenvalue weighted by atomic mass is 32.9. The van der Waals surface area contributed by atoms with Gasteiger partial charge in [0.25, 0.3) is 0 Å². The Labute approximate surface area is 224 Å². The molecule has 0 aliphatic heterocycles. The quantitative estimate of drug-likeness (QED) is 0.167. The Morgan fingerprint density at radius 1 is 0.714 bits per heavy atom. The van der Waals surface area contributed by atoms with E-state index in [0.29, 0.717) is 5.75 Å². The van der Waals surface area contributed by atoms with Gasteiger partial charge in [-0.2, -0.15) is 0 Å². The maximum Gasteiger partial charge on any atom is 0.124 e. The first kappa shape index (κ1) is 28.0. The molecule has 0 aliphatic rings. The van der Waals surface area contributed by atoms with Gasteiger partial charge in [-0.15, -0.1) is 0 Å². The molecule has 0 unspecified atom stereocenters. The lowest BCUT2D eigenvalue weighted by atomic mass is 9.98. The smallest absolute Gasteiger partial charge is 0.124 e. The van der Waals surface area contributed by atoms with Crippen LogP contribution in [-0.2, 0) is 13.1 Å². The second-order valence-corrected chi connectivity index (χ2v) is 12.0. The molecule has 1 N–H and O–H groups in total. The normalized spacial score (nSPS) is 11.6. The van der Waals surface area contributed by atoms with Crippen LogP contribution in [0.4, 0.5) is 0 Å². The van der Waals surface area contributed by atoms with E-state index in [9.17, 15) is 5.11 Å². The molecular weight excluding hydrogens is 489 g/mol. The van der Waals surface area contributed by atoms with Crippen molar-refractivity contribution in [3.63, 3.8) is 0 Å². The summed E-state index contributed by atoms with van der Waals surface area (Å²) in [5, 5.41) is 11.5. The number of nitrogens with zero attached hydrogens (tertiary/aromatic N) is 2. The number of hydrogen-bond acceptors (Lipinski definition) is 6. The average molecular weight is 529 g/mol. The van der Waals surface area contributed by atoms with Crippen LogP contribution in [0, 0.1) is 3.82 Å². The maximum absolute atomic E-state index is 11.5. The molecule has 3 nitrogen and oxygen atoms in total. The molecule has 0 bridgehead atoms. The van der Waals surface area contributed by atoms with E-state index in [1.807, 2.05) is 6.07 Å². The molecule has 0 saturated heterocycles. The zero-order valence-corrected chi connectivity index (χ0v) is 24.1. The lowest BCUT2D eigenvalue weighted by molar-refractivity contribution is 0.255. The van der Waals surface area contributed by atoms with Crippen LogP contribution in [-0.4, -0.2) is 41.1 Å². The van der Waals surface area contributed by atoms with Gasteiger partial charge in [-0.3, -0.25) is 9.80 Å². The van der Waals surface area contributed by atoms with Gasteiger partial charge in [0.2, 0.25) is 0 Å². The van der Waals surface area contributed by atoms with Gasteiger partial charge in [-0.05, 0) is 75.1 Å². The molecule has 2 aromatic carbocycles. The van der Waals surface area contributed by atoms with E-state index in [4.69, 9.17) is 12.2 Å². The molecule has 1 heterocycles. The molecule has 0 aliphatic carbocycles. The largest absolute Gasteiger partial charge is 0.507 e. The van der Waals surface area contributed by atoms with Crippen LogP contribution in [0.25, 0.3) is 21.6 Å². The second kappa shape index (κ2) is 14.2. The van der Waals surface area contributed by atoms with Crippen molar-refractivity contribution in [2.24, 2.45) is 0 Å². The van der Waals surface area contributed by atoms with Gasteiger partial charge < -0.3 is 5.11 Å². The van der Waals surface area contributed by atoms with Crippen LogP contribution >= 0.6 is 32.9 Å². The lowest BCUT2D eigenvalue weighted by Gasteiger charge is -2.25. The Morgan fingerprint density at radius 2 is 1.20 bits per heavy atom. The standard InChI is InChI=1S/C29H40N2OS3/c1-5-14-30(15-6-2)20-24-18-23(19-25(27(24)32)21-31(16-7-3)17-8-4)28-26(29(33)35-34-28)22-12-10-9-11-13-22/h9-13,18-19,32H,5-8,14-17,20-21H2,1-4H3. The van der Waals surface area contributed by atoms with E-state index in [-0.39, 0.29) is 0 Å². The highest BCUT2D eigenvalue weighted by Gasteiger charge is 2.19. The SMILES string of the molecule is CCCN(CCC)Cc1cc(-c2ssc(=S)c2-c2ccccc2)cc(CN(CCC)CCC)c1O. The minimum absolute atomic E-state index is 0.461. The number of phenolic OH excluding ortho intramolecular Hbond substituents is 1. The Hall–Kier alpha value is -1.57. The lowest BCUT2D eigenvalue weighted by Crippen LogP contribution is -2.26. The number of phenols is 1. The van der Waals surface area contributed by atoms with E-state index in [0.717, 1.165) is 85.5 Å². The predicted molar refractivity (Wildman–Crippen MR) is 157 cm³/mol. The molecule has 35 heavy (non-hydrogen) atoms. The highest BCUT2D eigenvalue weighted by molar-refractivity contribution is 7.80. The van der Waals surface area contributed by atoms with Crippen molar-refractivity contribution in [1.82, 2.24) is 9.80 Å². The van der Waals surface area contributed by atoms with Crippen molar-refractivity contribution in [2.45, 2.75) is 66.5 Å². The van der Waals surface area contributed by atoms with Crippen molar-refractivity contribution in [1.29, 1.82) is 0 Å². The molecule has 0 radical (unpaired) electrons. The van der Waals surface area contributed by atoms with E-state index in [1.165, 1.54) is 16.0 Å². The van der Waals surface area contributed by atoms with Crippen LogP contribution < -0.4 is 0 Å². The monoisotopic (exact) mass is 528 g/mol. The van der Waals surface area contributed by atoms with Crippen LogP contribution in [0.3, 0.4) is 0 Å². The van der Waals surface area contributed by atoms with Gasteiger partial charge in [0.05, 0.1) is 4.88 Å². The second-order valence-electron chi connectivity index (χ2n) is 9.22. The fraction of sp³-hybridized carbons (Fsp3) is 0.483. The van der Waals surface area contributed by atoms with Gasteiger partial charge >= 0.3 is 0 Å². The van der Waals surface area contributed by atoms with Crippen molar-refractivity contribution in [3.8, 4) is 27.3 Å². The molecule has 3 aromatic rings. The van der Waals surface area contributed by atoms with Crippen molar-refractivity contribution in [2.75, 3.05) is 26.2 Å². The zero-order valence-electron chi connectivity index (χ0n) is 21.7. The Balaban J connectivity index is 2.12. The van der Waals surface area contributed by atoms with Crippen LogP contribution in [0.2, 0.25) is 0 Å². The van der Waals surface area contributed by atoms with E-state index in [2.05, 4.69) is 73.9 Å². The van der Waals surface area contributed by atoms with Crippen LogP contribution in [0.1, 0.15) is 64.5 Å². The summed E-state index contributed by atoms with van der Waals surface area (Å²) < 4.78 is 0.935. The average Bonchev–Trinajstić information content (AvgIpc) is 3.24. The first-order chi connectivity index (χ1) is 17.0. The van der Waals surface area contributed by atoms with E-state index < -0.39 is 0 Å². The van der Waals surface area contributed by atoms with Gasteiger partial charge in [0, 0.05) is 29.8 Å². The third-order valence-electron chi connectivity index (χ3n) is 6.17. The third-order valence-corrected chi connectivity index (χ3v) is 9.24. The Morgan fingerprint density at radius 3 is 1.66 bits per heavy atom. The zero-order chi connectivity index (χ0) is 25.2. The highest BCUT2D eigenvalue weighted by Crippen LogP contribution is 2.43. The van der Waals surface area contributed by atoms with Gasteiger partial charge in [0.15, 0.2) is 0 Å². The van der Waals surface area contributed by atoms with Gasteiger partial charge in [-0.25, -0.2) is 0 Å². The fourth-order valence-corrected chi connectivity index (χ4v) is 7.62. The molecule has 190 valence electrons. The molecular formula is C29H40N2OS3. The van der Waals surface area contributed by atoms with Crippen molar-refractivity contribution in [3.05, 3.63) is 57.4 Å². The topological polar surface area (TPSA) is 26.7 Å². The van der Waals surface area contributed by atoms with Crippen LogP contribution in [0.15, 0.2) is 42.5 Å². The number of rotatable bonds is 14. The number of aromatic hydroxyl groups is 1. The molecule has 0 atom stereocenters. The Kier molecular flexibility index (Phi) is 11.4. The molecule has 0 fully saturated rings. The summed E-state index contributed by atoms with van der Waals surface area (Å²) in [7, 11) is 3.42. The van der Waals surface area contributed by atoms with Gasteiger partial charge in [-0.1, -0.05) is 90.9 Å². The molecule has 6 heteroatoms. The fourth-order valence-electron chi connectivity index (χ4n) is 4.72. The van der Waals surface area contributed by atoms with E-state index >= 15 is 0 Å². The minimum atomic E-state index is 0.461. The summed E-state index contributed by atoms with van der Waals surface area (Å²) in [5.74, 6) is 0.461. The molecule has 1 aromatic heterocycles. The predicted octanol–water partition coefficient (Wildman–Crippen LogP) is 8.82. The van der Waals surface area contributed by atoms with Gasteiger partial charge in [0.1, 0.15) is 9.57 Å².